The third-order valence-electron chi connectivity index (χ3n) is 3.86. The van der Waals surface area contributed by atoms with E-state index in [1.807, 2.05) is 26.0 Å². The highest BCUT2D eigenvalue weighted by Gasteiger charge is 2.12. The second kappa shape index (κ2) is 10.2. The largest absolute Gasteiger partial charge is 0.456 e. The van der Waals surface area contributed by atoms with Crippen LogP contribution in [0.4, 0.5) is 11.4 Å². The molecule has 0 heterocycles. The summed E-state index contributed by atoms with van der Waals surface area (Å²) in [5, 5.41) is 5.86. The molecule has 0 saturated heterocycles. The van der Waals surface area contributed by atoms with Crippen molar-refractivity contribution in [2.24, 2.45) is 0 Å². The van der Waals surface area contributed by atoms with Crippen molar-refractivity contribution >= 4 is 56.7 Å². The molecule has 28 heavy (non-hydrogen) atoms. The number of hydrogen-bond donors (Lipinski definition) is 2. The van der Waals surface area contributed by atoms with Gasteiger partial charge in [0.1, 0.15) is 0 Å². The predicted octanol–water partition coefficient (Wildman–Crippen LogP) is 4.62. The molecular formula is C20H20BrClN2O4. The maximum absolute atomic E-state index is 12.0. The Bertz CT molecular complexity index is 902. The second-order valence-electron chi connectivity index (χ2n) is 6.18. The summed E-state index contributed by atoms with van der Waals surface area (Å²) in [4.78, 5) is 35.7. The van der Waals surface area contributed by atoms with Gasteiger partial charge < -0.3 is 15.4 Å². The summed E-state index contributed by atoms with van der Waals surface area (Å²) in [5.41, 5.74) is 2.97. The van der Waals surface area contributed by atoms with Crippen molar-refractivity contribution in [1.29, 1.82) is 0 Å². The minimum absolute atomic E-state index is 0.0383. The fraction of sp³-hybridized carbons (Fsp3) is 0.250. The van der Waals surface area contributed by atoms with Crippen molar-refractivity contribution in [3.05, 3.63) is 57.0 Å². The molecule has 0 aliphatic rings. The topological polar surface area (TPSA) is 84.5 Å². The quantitative estimate of drug-likeness (QED) is 0.582. The van der Waals surface area contributed by atoms with Gasteiger partial charge in [0.05, 0.1) is 6.42 Å². The first-order chi connectivity index (χ1) is 13.2. The highest BCUT2D eigenvalue weighted by Crippen LogP contribution is 2.21. The van der Waals surface area contributed by atoms with Crippen LogP contribution in [0.1, 0.15) is 24.0 Å². The van der Waals surface area contributed by atoms with Crippen LogP contribution in [0.25, 0.3) is 0 Å². The van der Waals surface area contributed by atoms with Crippen molar-refractivity contribution in [2.45, 2.75) is 26.7 Å². The SMILES string of the molecule is Cc1cc(Br)ccc1NC(=O)CCC(=O)OCC(=O)Nc1cc(Cl)ccc1C. The number of halogens is 2. The lowest BCUT2D eigenvalue weighted by molar-refractivity contribution is -0.147. The molecule has 2 aromatic rings. The zero-order chi connectivity index (χ0) is 20.7. The van der Waals surface area contributed by atoms with E-state index in [0.717, 1.165) is 15.6 Å². The van der Waals surface area contributed by atoms with Gasteiger partial charge in [0.25, 0.3) is 5.91 Å². The maximum Gasteiger partial charge on any atom is 0.306 e. The maximum atomic E-state index is 12.0. The van der Waals surface area contributed by atoms with E-state index in [-0.39, 0.29) is 18.7 Å². The van der Waals surface area contributed by atoms with E-state index in [1.165, 1.54) is 0 Å². The van der Waals surface area contributed by atoms with Crippen LogP contribution in [0.2, 0.25) is 5.02 Å². The van der Waals surface area contributed by atoms with Crippen molar-refractivity contribution in [2.75, 3.05) is 17.2 Å². The molecule has 0 aromatic heterocycles. The highest BCUT2D eigenvalue weighted by molar-refractivity contribution is 9.10. The molecular weight excluding hydrogens is 448 g/mol. The summed E-state index contributed by atoms with van der Waals surface area (Å²) >= 11 is 9.25. The number of carbonyl (C=O) groups is 3. The minimum atomic E-state index is -0.624. The van der Waals surface area contributed by atoms with E-state index < -0.39 is 18.5 Å². The summed E-state index contributed by atoms with van der Waals surface area (Å²) in [7, 11) is 0. The smallest absolute Gasteiger partial charge is 0.306 e. The van der Waals surface area contributed by atoms with Gasteiger partial charge in [-0.3, -0.25) is 14.4 Å². The number of ether oxygens (including phenoxy) is 1. The first-order valence-electron chi connectivity index (χ1n) is 8.52. The monoisotopic (exact) mass is 466 g/mol. The van der Waals surface area contributed by atoms with Crippen LogP contribution < -0.4 is 10.6 Å². The zero-order valence-corrected chi connectivity index (χ0v) is 17.8. The van der Waals surface area contributed by atoms with Crippen LogP contribution in [0, 0.1) is 13.8 Å². The molecule has 0 aliphatic carbocycles. The normalized spacial score (nSPS) is 10.3. The molecule has 2 rings (SSSR count). The van der Waals surface area contributed by atoms with E-state index in [1.54, 1.807) is 24.3 Å². The molecule has 0 unspecified atom stereocenters. The number of hydrogen-bond acceptors (Lipinski definition) is 4. The molecule has 0 bridgehead atoms. The molecule has 0 fully saturated rings. The lowest BCUT2D eigenvalue weighted by Crippen LogP contribution is -2.22. The molecule has 2 N–H and O–H groups in total. The van der Waals surface area contributed by atoms with Crippen LogP contribution in [0.5, 0.6) is 0 Å². The van der Waals surface area contributed by atoms with Gasteiger partial charge in [-0.2, -0.15) is 0 Å². The van der Waals surface area contributed by atoms with Crippen LogP contribution in [0.15, 0.2) is 40.9 Å². The average molecular weight is 468 g/mol. The van der Waals surface area contributed by atoms with Gasteiger partial charge in [-0.1, -0.05) is 33.6 Å². The van der Waals surface area contributed by atoms with Gasteiger partial charge in [0, 0.05) is 27.3 Å². The van der Waals surface area contributed by atoms with Gasteiger partial charge in [-0.15, -0.1) is 0 Å². The van der Waals surface area contributed by atoms with Crippen molar-refractivity contribution in [1.82, 2.24) is 0 Å². The third kappa shape index (κ3) is 6.98. The zero-order valence-electron chi connectivity index (χ0n) is 15.5. The van der Waals surface area contributed by atoms with Gasteiger partial charge in [0.2, 0.25) is 5.91 Å². The summed E-state index contributed by atoms with van der Waals surface area (Å²) in [5.74, 6) is -1.41. The Morgan fingerprint density at radius 2 is 1.64 bits per heavy atom. The van der Waals surface area contributed by atoms with E-state index in [0.29, 0.717) is 16.4 Å². The van der Waals surface area contributed by atoms with E-state index in [2.05, 4.69) is 26.6 Å². The first kappa shape index (κ1) is 21.9. The van der Waals surface area contributed by atoms with Crippen LogP contribution in [-0.4, -0.2) is 24.4 Å². The number of carbonyl (C=O) groups excluding carboxylic acids is 3. The van der Waals surface area contributed by atoms with E-state index >= 15 is 0 Å². The second-order valence-corrected chi connectivity index (χ2v) is 7.53. The fourth-order valence-corrected chi connectivity index (χ4v) is 2.98. The Kier molecular flexibility index (Phi) is 8.02. The summed E-state index contributed by atoms with van der Waals surface area (Å²) in [6.45, 7) is 3.26. The van der Waals surface area contributed by atoms with Crippen LogP contribution in [-0.2, 0) is 19.1 Å². The summed E-state index contributed by atoms with van der Waals surface area (Å²) in [6, 6.07) is 10.6. The molecule has 6 nitrogen and oxygen atoms in total. The Hall–Kier alpha value is -2.38. The molecule has 0 spiro atoms. The first-order valence-corrected chi connectivity index (χ1v) is 9.69. The van der Waals surface area contributed by atoms with Crippen LogP contribution in [0.3, 0.4) is 0 Å². The lowest BCUT2D eigenvalue weighted by atomic mass is 10.2. The molecule has 0 atom stereocenters. The molecule has 8 heteroatoms. The van der Waals surface area contributed by atoms with E-state index in [4.69, 9.17) is 16.3 Å². The lowest BCUT2D eigenvalue weighted by Gasteiger charge is -2.10. The van der Waals surface area contributed by atoms with Crippen molar-refractivity contribution in [3.8, 4) is 0 Å². The number of rotatable bonds is 7. The minimum Gasteiger partial charge on any atom is -0.456 e. The Morgan fingerprint density at radius 3 is 2.36 bits per heavy atom. The fourth-order valence-electron chi connectivity index (χ4n) is 2.33. The number of esters is 1. The standard InChI is InChI=1S/C20H20BrClN2O4/c1-12-3-5-15(22)10-17(12)24-19(26)11-28-20(27)8-7-18(25)23-16-6-4-14(21)9-13(16)2/h3-6,9-10H,7-8,11H2,1-2H3,(H,23,25)(H,24,26). The Balaban J connectivity index is 1.74. The van der Waals surface area contributed by atoms with Crippen LogP contribution >= 0.6 is 27.5 Å². The molecule has 2 amide bonds. The number of benzene rings is 2. The number of aryl methyl sites for hydroxylation is 2. The summed E-state index contributed by atoms with van der Waals surface area (Å²) < 4.78 is 5.83. The molecule has 0 radical (unpaired) electrons. The van der Waals surface area contributed by atoms with E-state index in [9.17, 15) is 14.4 Å². The van der Waals surface area contributed by atoms with Gasteiger partial charge in [-0.05, 0) is 55.3 Å². The predicted molar refractivity (Wildman–Crippen MR) is 113 cm³/mol. The highest BCUT2D eigenvalue weighted by atomic mass is 79.9. The summed E-state index contributed by atoms with van der Waals surface area (Å²) in [6.07, 6.45) is -0.158. The number of anilines is 2. The van der Waals surface area contributed by atoms with Gasteiger partial charge >= 0.3 is 5.97 Å². The average Bonchev–Trinajstić information content (AvgIpc) is 2.63. The Labute approximate surface area is 176 Å². The number of nitrogens with one attached hydrogen (secondary N) is 2. The van der Waals surface area contributed by atoms with Gasteiger partial charge in [-0.25, -0.2) is 0 Å². The number of amides is 2. The van der Waals surface area contributed by atoms with Crippen molar-refractivity contribution < 1.29 is 19.1 Å². The van der Waals surface area contributed by atoms with Crippen molar-refractivity contribution in [3.63, 3.8) is 0 Å². The molecule has 0 aliphatic heterocycles. The molecule has 2 aromatic carbocycles. The third-order valence-corrected chi connectivity index (χ3v) is 4.59. The Morgan fingerprint density at radius 1 is 0.929 bits per heavy atom. The molecule has 0 saturated carbocycles. The van der Waals surface area contributed by atoms with Gasteiger partial charge in [0.15, 0.2) is 6.61 Å². The molecule has 148 valence electrons.